The minimum absolute atomic E-state index is 0.0355. The minimum Gasteiger partial charge on any atom is -0.489 e. The summed E-state index contributed by atoms with van der Waals surface area (Å²) in [6.07, 6.45) is 0. The van der Waals surface area contributed by atoms with E-state index in [-0.39, 0.29) is 17.0 Å². The Morgan fingerprint density at radius 3 is 2.38 bits per heavy atom. The van der Waals surface area contributed by atoms with Gasteiger partial charge in [-0.25, -0.2) is 9.24 Å². The maximum absolute atomic E-state index is 13.7. The van der Waals surface area contributed by atoms with Crippen LogP contribution in [0.5, 0.6) is 0 Å². The first-order chi connectivity index (χ1) is 11.2. The first-order valence-corrected chi connectivity index (χ1v) is 7.31. The van der Waals surface area contributed by atoms with Crippen LogP contribution in [-0.2, 0) is 10.3 Å². The molecule has 0 spiro atoms. The molecule has 0 bridgehead atoms. The third-order valence-corrected chi connectivity index (χ3v) is 3.92. The van der Waals surface area contributed by atoms with E-state index in [1.807, 2.05) is 20.8 Å². The summed E-state index contributed by atoms with van der Waals surface area (Å²) in [5, 5.41) is 18.4. The molecule has 0 saturated heterocycles. The summed E-state index contributed by atoms with van der Waals surface area (Å²) < 4.78 is 19.7. The molecule has 1 unspecified atom stereocenters. The molecular formula is C19H16FN3O. The van der Waals surface area contributed by atoms with Gasteiger partial charge in [-0.2, -0.15) is 10.5 Å². The van der Waals surface area contributed by atoms with Gasteiger partial charge in [-0.05, 0) is 30.0 Å². The van der Waals surface area contributed by atoms with Gasteiger partial charge in [0.15, 0.2) is 11.3 Å². The molecule has 1 aromatic rings. The van der Waals surface area contributed by atoms with Crippen LogP contribution >= 0.6 is 0 Å². The van der Waals surface area contributed by atoms with Gasteiger partial charge in [0.1, 0.15) is 23.6 Å². The van der Waals surface area contributed by atoms with Gasteiger partial charge in [-0.1, -0.05) is 32.9 Å². The Morgan fingerprint density at radius 2 is 1.92 bits per heavy atom. The van der Waals surface area contributed by atoms with Gasteiger partial charge in [0.05, 0.1) is 6.57 Å². The molecule has 0 radical (unpaired) electrons. The number of halogens is 1. The summed E-state index contributed by atoms with van der Waals surface area (Å²) in [5.41, 5.74) is -0.588. The Bertz CT molecular complexity index is 869. The monoisotopic (exact) mass is 321 g/mol. The summed E-state index contributed by atoms with van der Waals surface area (Å²) in [7, 11) is 0. The molecule has 1 atom stereocenters. The van der Waals surface area contributed by atoms with Crippen LogP contribution < -0.4 is 0 Å². The highest BCUT2D eigenvalue weighted by Crippen LogP contribution is 2.53. The topological polar surface area (TPSA) is 61.2 Å². The number of nitriles is 2. The maximum Gasteiger partial charge on any atom is 0.234 e. The van der Waals surface area contributed by atoms with E-state index in [0.29, 0.717) is 11.1 Å². The van der Waals surface area contributed by atoms with Crippen LogP contribution in [0.1, 0.15) is 33.3 Å². The molecule has 1 heterocycles. The Labute approximate surface area is 140 Å². The van der Waals surface area contributed by atoms with Gasteiger partial charge in [0, 0.05) is 5.56 Å². The van der Waals surface area contributed by atoms with E-state index in [0.717, 1.165) is 0 Å². The fourth-order valence-corrected chi connectivity index (χ4v) is 3.10. The fourth-order valence-electron chi connectivity index (χ4n) is 3.10. The quantitative estimate of drug-likeness (QED) is 0.561. The smallest absolute Gasteiger partial charge is 0.234 e. The summed E-state index contributed by atoms with van der Waals surface area (Å²) in [6.45, 7) is 15.0. The highest BCUT2D eigenvalue weighted by atomic mass is 19.1. The molecule has 4 nitrogen and oxygen atoms in total. The molecule has 1 aromatic carbocycles. The molecular weight excluding hydrogens is 305 g/mol. The number of rotatable bonds is 1. The van der Waals surface area contributed by atoms with Crippen molar-refractivity contribution in [3.05, 3.63) is 69.7 Å². The number of hydrogen-bond donors (Lipinski definition) is 0. The van der Waals surface area contributed by atoms with Crippen LogP contribution in [0.15, 0.2) is 46.9 Å². The first-order valence-electron chi connectivity index (χ1n) is 7.31. The SMILES string of the molecule is [C-]#[N+]C1=C(C(C)(C)C)C(C)(c2cccc(F)c2)OC1=C(C#N)C#N. The normalized spacial score (nSPS) is 20.0. The van der Waals surface area contributed by atoms with E-state index < -0.39 is 16.8 Å². The molecule has 5 heteroatoms. The predicted molar refractivity (Wildman–Crippen MR) is 86.2 cm³/mol. The molecule has 1 aliphatic heterocycles. The summed E-state index contributed by atoms with van der Waals surface area (Å²) in [5.74, 6) is -0.458. The van der Waals surface area contributed by atoms with Gasteiger partial charge in [0.2, 0.25) is 5.70 Å². The van der Waals surface area contributed by atoms with Crippen LogP contribution in [0.4, 0.5) is 4.39 Å². The van der Waals surface area contributed by atoms with Crippen molar-refractivity contribution in [2.24, 2.45) is 5.41 Å². The van der Waals surface area contributed by atoms with Crippen LogP contribution in [0, 0.1) is 40.5 Å². The molecule has 0 saturated carbocycles. The van der Waals surface area contributed by atoms with Crippen molar-refractivity contribution in [3.63, 3.8) is 0 Å². The molecule has 24 heavy (non-hydrogen) atoms. The highest BCUT2D eigenvalue weighted by Gasteiger charge is 2.49. The van der Waals surface area contributed by atoms with E-state index in [1.54, 1.807) is 31.2 Å². The standard InChI is InChI=1S/C19H16FN3O/c1-18(2,3)17-15(23-5)16(12(10-21)11-22)24-19(17,4)13-7-6-8-14(20)9-13/h6-9H,1-4H3. The zero-order chi connectivity index (χ0) is 18.1. The Morgan fingerprint density at radius 1 is 1.29 bits per heavy atom. The zero-order valence-electron chi connectivity index (χ0n) is 13.9. The van der Waals surface area contributed by atoms with Crippen molar-refractivity contribution in [2.75, 3.05) is 0 Å². The molecule has 0 amide bonds. The van der Waals surface area contributed by atoms with E-state index in [9.17, 15) is 14.9 Å². The number of ether oxygens (including phenoxy) is 1. The average molecular weight is 321 g/mol. The largest absolute Gasteiger partial charge is 0.489 e. The van der Waals surface area contributed by atoms with Crippen molar-refractivity contribution in [1.29, 1.82) is 10.5 Å². The lowest BCUT2D eigenvalue weighted by Crippen LogP contribution is -2.31. The van der Waals surface area contributed by atoms with Crippen molar-refractivity contribution in [2.45, 2.75) is 33.3 Å². The molecule has 0 aromatic heterocycles. The highest BCUT2D eigenvalue weighted by molar-refractivity contribution is 5.57. The number of nitrogens with zero attached hydrogens (tertiary/aromatic N) is 3. The Hall–Kier alpha value is -3.10. The number of benzene rings is 1. The van der Waals surface area contributed by atoms with Crippen LogP contribution in [0.25, 0.3) is 4.85 Å². The van der Waals surface area contributed by atoms with E-state index >= 15 is 0 Å². The van der Waals surface area contributed by atoms with Crippen LogP contribution in [-0.4, -0.2) is 0 Å². The van der Waals surface area contributed by atoms with Gasteiger partial charge in [-0.3, -0.25) is 0 Å². The molecule has 0 fully saturated rings. The maximum atomic E-state index is 13.7. The lowest BCUT2D eigenvalue weighted by molar-refractivity contribution is 0.0582. The molecule has 1 aliphatic rings. The van der Waals surface area contributed by atoms with Crippen LogP contribution in [0.3, 0.4) is 0 Å². The number of hydrogen-bond acceptors (Lipinski definition) is 3. The first kappa shape index (κ1) is 17.3. The van der Waals surface area contributed by atoms with Gasteiger partial charge < -0.3 is 4.74 Å². The third-order valence-electron chi connectivity index (χ3n) is 3.92. The molecule has 2 rings (SSSR count). The van der Waals surface area contributed by atoms with Crippen molar-refractivity contribution < 1.29 is 9.13 Å². The van der Waals surface area contributed by atoms with Gasteiger partial charge in [0.25, 0.3) is 0 Å². The Balaban J connectivity index is 2.88. The van der Waals surface area contributed by atoms with Crippen LogP contribution in [0.2, 0.25) is 0 Å². The molecule has 0 N–H and O–H groups in total. The van der Waals surface area contributed by atoms with Crippen molar-refractivity contribution >= 4 is 0 Å². The second kappa shape index (κ2) is 5.84. The van der Waals surface area contributed by atoms with Crippen molar-refractivity contribution in [3.8, 4) is 12.1 Å². The second-order valence-electron chi connectivity index (χ2n) is 6.66. The van der Waals surface area contributed by atoms with Crippen molar-refractivity contribution in [1.82, 2.24) is 0 Å². The average Bonchev–Trinajstić information content (AvgIpc) is 2.82. The van der Waals surface area contributed by atoms with Gasteiger partial charge >= 0.3 is 0 Å². The third kappa shape index (κ3) is 2.64. The lowest BCUT2D eigenvalue weighted by Gasteiger charge is -2.35. The van der Waals surface area contributed by atoms with E-state index in [2.05, 4.69) is 4.85 Å². The van der Waals surface area contributed by atoms with E-state index in [1.165, 1.54) is 12.1 Å². The summed E-state index contributed by atoms with van der Waals surface area (Å²) in [4.78, 5) is 3.53. The van der Waals surface area contributed by atoms with E-state index in [4.69, 9.17) is 11.3 Å². The zero-order valence-corrected chi connectivity index (χ0v) is 13.9. The Kier molecular flexibility index (Phi) is 4.20. The summed E-state index contributed by atoms with van der Waals surface area (Å²) >= 11 is 0. The molecule has 120 valence electrons. The lowest BCUT2D eigenvalue weighted by atomic mass is 9.73. The molecule has 0 aliphatic carbocycles. The fraction of sp³-hybridized carbons (Fsp3) is 0.316. The predicted octanol–water partition coefficient (Wildman–Crippen LogP) is 4.59. The van der Waals surface area contributed by atoms with Gasteiger partial charge in [-0.15, -0.1) is 0 Å². The summed E-state index contributed by atoms with van der Waals surface area (Å²) in [6, 6.07) is 9.48. The number of allylic oxidation sites excluding steroid dienone is 1. The second-order valence-corrected chi connectivity index (χ2v) is 6.66. The minimum atomic E-state index is -1.13.